The van der Waals surface area contributed by atoms with Crippen LogP contribution in [0.4, 0.5) is 18.9 Å². The highest BCUT2D eigenvalue weighted by molar-refractivity contribution is 5.98. The van der Waals surface area contributed by atoms with Gasteiger partial charge in [-0.3, -0.25) is 9.59 Å². The third-order valence-corrected chi connectivity index (χ3v) is 5.68. The van der Waals surface area contributed by atoms with Crippen LogP contribution in [0.2, 0.25) is 0 Å². The van der Waals surface area contributed by atoms with Gasteiger partial charge in [-0.05, 0) is 49.1 Å². The van der Waals surface area contributed by atoms with Crippen LogP contribution < -0.4 is 10.6 Å². The zero-order chi connectivity index (χ0) is 23.8. The maximum Gasteiger partial charge on any atom is 0.416 e. The number of imidazole rings is 1. The maximum absolute atomic E-state index is 13.0. The van der Waals surface area contributed by atoms with Crippen LogP contribution in [-0.4, -0.2) is 27.8 Å². The minimum absolute atomic E-state index is 0.0319. The number of aromatic nitrogens is 2. The van der Waals surface area contributed by atoms with E-state index in [2.05, 4.69) is 20.6 Å². The molecule has 3 N–H and O–H groups in total. The molecule has 1 heterocycles. The van der Waals surface area contributed by atoms with Crippen molar-refractivity contribution in [2.24, 2.45) is 11.8 Å². The van der Waals surface area contributed by atoms with Gasteiger partial charge in [0.2, 0.25) is 11.8 Å². The molecule has 6 nitrogen and oxygen atoms in total. The summed E-state index contributed by atoms with van der Waals surface area (Å²) in [5, 5.41) is 5.31. The molecule has 2 aromatic carbocycles. The lowest BCUT2D eigenvalue weighted by Gasteiger charge is -2.20. The number of benzene rings is 2. The molecule has 9 heteroatoms. The molecule has 3 atom stereocenters. The quantitative estimate of drug-likeness (QED) is 0.473. The number of amides is 2. The summed E-state index contributed by atoms with van der Waals surface area (Å²) in [5.41, 5.74) is 0.911. The third-order valence-electron chi connectivity index (χ3n) is 5.68. The lowest BCUT2D eigenvalue weighted by molar-refractivity contribution is -0.137. The molecule has 1 saturated carbocycles. The molecule has 4 rings (SSSR count). The fourth-order valence-electron chi connectivity index (χ4n) is 3.92. The van der Waals surface area contributed by atoms with E-state index in [1.165, 1.54) is 12.1 Å². The van der Waals surface area contributed by atoms with E-state index in [0.29, 0.717) is 12.8 Å². The summed E-state index contributed by atoms with van der Waals surface area (Å²) in [6.07, 6.45) is -3.53. The summed E-state index contributed by atoms with van der Waals surface area (Å²) in [6.45, 7) is 3.82. The molecule has 1 aromatic heterocycles. The Hall–Kier alpha value is -3.36. The van der Waals surface area contributed by atoms with E-state index in [1.807, 2.05) is 38.1 Å². The van der Waals surface area contributed by atoms with Gasteiger partial charge in [-0.2, -0.15) is 13.2 Å². The number of fused-ring (bicyclic) bond motifs is 1. The number of rotatable bonds is 7. The largest absolute Gasteiger partial charge is 0.416 e. The number of carbonyl (C=O) groups excluding carboxylic acids is 2. The molecule has 1 aliphatic rings. The van der Waals surface area contributed by atoms with Crippen molar-refractivity contribution in [1.82, 2.24) is 15.3 Å². The van der Waals surface area contributed by atoms with Crippen molar-refractivity contribution in [3.05, 3.63) is 59.9 Å². The minimum atomic E-state index is -4.51. The van der Waals surface area contributed by atoms with Crippen LogP contribution >= 0.6 is 0 Å². The Bertz CT molecular complexity index is 1140. The third kappa shape index (κ3) is 5.35. The number of nitrogens with one attached hydrogen (secondary N) is 3. The van der Waals surface area contributed by atoms with Crippen LogP contribution in [0.5, 0.6) is 0 Å². The molecule has 0 radical (unpaired) electrons. The van der Waals surface area contributed by atoms with Crippen LogP contribution in [0.1, 0.15) is 44.0 Å². The normalized spacial score (nSPS) is 18.8. The van der Waals surface area contributed by atoms with E-state index in [0.717, 1.165) is 29.0 Å². The zero-order valence-electron chi connectivity index (χ0n) is 18.2. The first kappa shape index (κ1) is 22.8. The van der Waals surface area contributed by atoms with Crippen molar-refractivity contribution in [3.8, 4) is 0 Å². The first-order valence-electron chi connectivity index (χ1n) is 10.8. The van der Waals surface area contributed by atoms with Crippen LogP contribution in [0.15, 0.2) is 48.5 Å². The number of H-pyrrole nitrogens is 1. The molecule has 0 aliphatic heterocycles. The zero-order valence-corrected chi connectivity index (χ0v) is 18.2. The molecular formula is C24H25F3N4O2. The molecular weight excluding hydrogens is 433 g/mol. The van der Waals surface area contributed by atoms with E-state index in [-0.39, 0.29) is 29.3 Å². The highest BCUT2D eigenvalue weighted by Crippen LogP contribution is 2.46. The van der Waals surface area contributed by atoms with Gasteiger partial charge in [-0.1, -0.05) is 32.0 Å². The van der Waals surface area contributed by atoms with Crippen molar-refractivity contribution in [2.45, 2.75) is 44.8 Å². The highest BCUT2D eigenvalue weighted by atomic mass is 19.4. The molecule has 33 heavy (non-hydrogen) atoms. The molecule has 0 bridgehead atoms. The molecule has 0 unspecified atom stereocenters. The van der Waals surface area contributed by atoms with Crippen LogP contribution in [-0.2, 0) is 15.8 Å². The topological polar surface area (TPSA) is 86.9 Å². The highest BCUT2D eigenvalue weighted by Gasteiger charge is 2.46. The fourth-order valence-corrected chi connectivity index (χ4v) is 3.92. The number of carbonyl (C=O) groups is 2. The van der Waals surface area contributed by atoms with E-state index < -0.39 is 23.7 Å². The van der Waals surface area contributed by atoms with Crippen molar-refractivity contribution >= 4 is 28.5 Å². The van der Waals surface area contributed by atoms with Gasteiger partial charge in [0.1, 0.15) is 11.9 Å². The van der Waals surface area contributed by atoms with Gasteiger partial charge >= 0.3 is 6.18 Å². The lowest BCUT2D eigenvalue weighted by atomic mass is 10.0. The molecule has 2 amide bonds. The van der Waals surface area contributed by atoms with Gasteiger partial charge in [0.15, 0.2) is 0 Å². The summed E-state index contributed by atoms with van der Waals surface area (Å²) >= 11 is 0. The number of aromatic amines is 1. The summed E-state index contributed by atoms with van der Waals surface area (Å²) in [7, 11) is 0. The van der Waals surface area contributed by atoms with Crippen molar-refractivity contribution in [2.75, 3.05) is 5.32 Å². The first-order valence-corrected chi connectivity index (χ1v) is 10.8. The number of para-hydroxylation sites is 2. The van der Waals surface area contributed by atoms with Crippen LogP contribution in [0.25, 0.3) is 11.0 Å². The second kappa shape index (κ2) is 8.88. The molecule has 0 spiro atoms. The molecule has 174 valence electrons. The van der Waals surface area contributed by atoms with E-state index in [1.54, 1.807) is 0 Å². The Morgan fingerprint density at radius 2 is 1.91 bits per heavy atom. The van der Waals surface area contributed by atoms with Gasteiger partial charge in [0, 0.05) is 17.5 Å². The number of halogens is 3. The average Bonchev–Trinajstić information content (AvgIpc) is 3.44. The number of hydrogen-bond donors (Lipinski definition) is 3. The van der Waals surface area contributed by atoms with E-state index >= 15 is 0 Å². The predicted octanol–water partition coefficient (Wildman–Crippen LogP) is 4.85. The predicted molar refractivity (Wildman–Crippen MR) is 118 cm³/mol. The van der Waals surface area contributed by atoms with Crippen molar-refractivity contribution < 1.29 is 22.8 Å². The molecule has 0 saturated heterocycles. The monoisotopic (exact) mass is 458 g/mol. The van der Waals surface area contributed by atoms with E-state index in [4.69, 9.17) is 0 Å². The lowest BCUT2D eigenvalue weighted by Crippen LogP contribution is -2.45. The molecule has 1 aliphatic carbocycles. The summed E-state index contributed by atoms with van der Waals surface area (Å²) in [4.78, 5) is 33.5. The smallest absolute Gasteiger partial charge is 0.344 e. The number of alkyl halides is 3. The first-order chi connectivity index (χ1) is 15.6. The van der Waals surface area contributed by atoms with Gasteiger partial charge in [-0.25, -0.2) is 4.98 Å². The fraction of sp³-hybridized carbons (Fsp3) is 0.375. The summed E-state index contributed by atoms with van der Waals surface area (Å²) in [5.74, 6) is -0.328. The summed E-state index contributed by atoms with van der Waals surface area (Å²) < 4.78 is 38.9. The van der Waals surface area contributed by atoms with Gasteiger partial charge in [0.25, 0.3) is 0 Å². The van der Waals surface area contributed by atoms with Crippen molar-refractivity contribution in [1.29, 1.82) is 0 Å². The Morgan fingerprint density at radius 1 is 1.15 bits per heavy atom. The summed E-state index contributed by atoms with van der Waals surface area (Å²) in [6, 6.07) is 11.2. The van der Waals surface area contributed by atoms with Crippen LogP contribution in [0.3, 0.4) is 0 Å². The van der Waals surface area contributed by atoms with Gasteiger partial charge in [-0.15, -0.1) is 0 Å². The van der Waals surface area contributed by atoms with Gasteiger partial charge in [0.05, 0.1) is 16.6 Å². The average molecular weight is 458 g/mol. The number of anilines is 1. The second-order valence-electron chi connectivity index (χ2n) is 8.85. The molecule has 3 aromatic rings. The Balaban J connectivity index is 1.42. The Kier molecular flexibility index (Phi) is 6.14. The van der Waals surface area contributed by atoms with E-state index in [9.17, 15) is 22.8 Å². The number of hydrogen-bond acceptors (Lipinski definition) is 3. The van der Waals surface area contributed by atoms with Crippen LogP contribution in [0, 0.1) is 11.8 Å². The second-order valence-corrected chi connectivity index (χ2v) is 8.85. The Labute approximate surface area is 189 Å². The SMILES string of the molecule is CC(C)C[C@@H](NC(=O)[C@H]1C[C@@H]1c1nc2ccccc2[nH]1)C(=O)Nc1cccc(C(F)(F)F)c1. The number of nitrogens with zero attached hydrogens (tertiary/aromatic N) is 1. The van der Waals surface area contributed by atoms with Crippen molar-refractivity contribution in [3.63, 3.8) is 0 Å². The minimum Gasteiger partial charge on any atom is -0.344 e. The Morgan fingerprint density at radius 3 is 2.61 bits per heavy atom. The maximum atomic E-state index is 13.0. The molecule has 1 fully saturated rings. The standard InChI is InChI=1S/C24H25F3N4O2/c1-13(2)10-20(23(33)28-15-7-5-6-14(11-15)24(25,26)27)31-22(32)17-12-16(17)21-29-18-8-3-4-9-19(18)30-21/h3-9,11,13,16-17,20H,10,12H2,1-2H3,(H,28,33)(H,29,30)(H,31,32)/t16-,17-,20+/m0/s1. The van der Waals surface area contributed by atoms with Gasteiger partial charge < -0.3 is 15.6 Å².